The zero-order valence-electron chi connectivity index (χ0n) is 7.07. The van der Waals surface area contributed by atoms with Gasteiger partial charge in [0.2, 0.25) is 0 Å². The maximum absolute atomic E-state index is 13.1. The summed E-state index contributed by atoms with van der Waals surface area (Å²) in [6.45, 7) is 2.85. The molecule has 64 valence electrons. The van der Waals surface area contributed by atoms with Gasteiger partial charge in [0.15, 0.2) is 0 Å². The molecule has 0 heterocycles. The summed E-state index contributed by atoms with van der Waals surface area (Å²) in [7, 11) is 0. The number of alkyl halides is 1. The summed E-state index contributed by atoms with van der Waals surface area (Å²) in [5, 5.41) is 3.28. The lowest BCUT2D eigenvalue weighted by Gasteiger charge is -2.33. The van der Waals surface area contributed by atoms with Crippen LogP contribution in [0.5, 0.6) is 0 Å². The van der Waals surface area contributed by atoms with E-state index in [1.165, 1.54) is 12.8 Å². The van der Waals surface area contributed by atoms with Gasteiger partial charge in [-0.25, -0.2) is 4.39 Å². The minimum Gasteiger partial charge on any atom is -0.311 e. The lowest BCUT2D eigenvalue weighted by molar-refractivity contribution is 0.207. The molecule has 0 unspecified atom stereocenters. The minimum atomic E-state index is -0.807. The van der Waals surface area contributed by atoms with E-state index in [0.717, 1.165) is 18.8 Å². The summed E-state index contributed by atoms with van der Waals surface area (Å²) in [6.07, 6.45) is 4.05. The molecule has 11 heavy (non-hydrogen) atoms. The van der Waals surface area contributed by atoms with E-state index in [4.69, 9.17) is 0 Å². The Bertz CT molecular complexity index is 148. The van der Waals surface area contributed by atoms with Crippen LogP contribution in [0.2, 0.25) is 0 Å². The summed E-state index contributed by atoms with van der Waals surface area (Å²) in [4.78, 5) is 0. The van der Waals surface area contributed by atoms with Gasteiger partial charge in [-0.3, -0.25) is 0 Å². The fourth-order valence-corrected chi connectivity index (χ4v) is 1.71. The Hall–Kier alpha value is -0.110. The first kappa shape index (κ1) is 7.53. The Kier molecular flexibility index (Phi) is 1.67. The van der Waals surface area contributed by atoms with Gasteiger partial charge in [-0.05, 0) is 31.6 Å². The molecule has 0 aromatic carbocycles. The molecule has 2 aliphatic carbocycles. The second-order valence-electron chi connectivity index (χ2n) is 4.31. The van der Waals surface area contributed by atoms with Crippen LogP contribution >= 0.6 is 0 Å². The molecule has 0 bridgehead atoms. The van der Waals surface area contributed by atoms with Gasteiger partial charge in [-0.15, -0.1) is 0 Å². The number of hydrogen-bond acceptors (Lipinski definition) is 1. The van der Waals surface area contributed by atoms with Crippen LogP contribution in [0, 0.1) is 5.92 Å². The van der Waals surface area contributed by atoms with Crippen LogP contribution in [-0.4, -0.2) is 18.3 Å². The van der Waals surface area contributed by atoms with Crippen molar-refractivity contribution in [2.75, 3.05) is 6.54 Å². The molecule has 1 nitrogen and oxygen atoms in total. The van der Waals surface area contributed by atoms with Crippen LogP contribution in [0.3, 0.4) is 0 Å². The number of halogens is 1. The monoisotopic (exact) mass is 157 g/mol. The maximum Gasteiger partial charge on any atom is 0.123 e. The Morgan fingerprint density at radius 2 is 2.09 bits per heavy atom. The van der Waals surface area contributed by atoms with Crippen LogP contribution in [0.1, 0.15) is 32.6 Å². The first-order chi connectivity index (χ1) is 5.18. The third-order valence-electron chi connectivity index (χ3n) is 2.87. The summed E-state index contributed by atoms with van der Waals surface area (Å²) in [5.41, 5.74) is -0.807. The van der Waals surface area contributed by atoms with Gasteiger partial charge >= 0.3 is 0 Å². The normalized spacial score (nSPS) is 39.8. The van der Waals surface area contributed by atoms with Crippen LogP contribution in [-0.2, 0) is 0 Å². The molecule has 0 saturated heterocycles. The van der Waals surface area contributed by atoms with Crippen molar-refractivity contribution in [3.63, 3.8) is 0 Å². The van der Waals surface area contributed by atoms with Gasteiger partial charge in [0.25, 0.3) is 0 Å². The fraction of sp³-hybridized carbons (Fsp3) is 1.00. The Morgan fingerprint density at radius 3 is 2.55 bits per heavy atom. The molecule has 2 heteroatoms. The predicted molar refractivity (Wildman–Crippen MR) is 43.3 cm³/mol. The van der Waals surface area contributed by atoms with Crippen molar-refractivity contribution in [2.45, 2.75) is 44.3 Å². The minimum absolute atomic E-state index is 0.602. The van der Waals surface area contributed by atoms with Gasteiger partial charge < -0.3 is 5.32 Å². The molecule has 2 aliphatic rings. The van der Waals surface area contributed by atoms with E-state index in [1.54, 1.807) is 0 Å². The zero-order chi connectivity index (χ0) is 7.90. The number of hydrogen-bond donors (Lipinski definition) is 1. The van der Waals surface area contributed by atoms with Gasteiger partial charge in [0.1, 0.15) is 5.67 Å². The molecule has 0 aromatic rings. The van der Waals surface area contributed by atoms with Gasteiger partial charge in [0, 0.05) is 12.6 Å². The molecule has 0 aromatic heterocycles. The standard InChI is InChI=1S/C9H16FN/c1-7-4-8(5-7)11-6-9(10)2-3-9/h7-8,11H,2-6H2,1H3. The van der Waals surface area contributed by atoms with Crippen LogP contribution in [0.15, 0.2) is 0 Å². The Balaban J connectivity index is 1.61. The third kappa shape index (κ3) is 1.73. The summed E-state index contributed by atoms with van der Waals surface area (Å²) in [5.74, 6) is 0.863. The molecule has 2 fully saturated rings. The van der Waals surface area contributed by atoms with Crippen molar-refractivity contribution in [2.24, 2.45) is 5.92 Å². The molecule has 0 radical (unpaired) electrons. The first-order valence-corrected chi connectivity index (χ1v) is 4.60. The molecular formula is C9H16FN. The molecule has 0 atom stereocenters. The van der Waals surface area contributed by atoms with Crippen molar-refractivity contribution in [1.29, 1.82) is 0 Å². The summed E-state index contributed by atoms with van der Waals surface area (Å²) < 4.78 is 13.1. The predicted octanol–water partition coefficient (Wildman–Crippen LogP) is 1.88. The Morgan fingerprint density at radius 1 is 1.45 bits per heavy atom. The second-order valence-corrected chi connectivity index (χ2v) is 4.31. The van der Waals surface area contributed by atoms with Crippen molar-refractivity contribution in [1.82, 2.24) is 5.32 Å². The molecule has 1 N–H and O–H groups in total. The third-order valence-corrected chi connectivity index (χ3v) is 2.87. The van der Waals surface area contributed by atoms with Gasteiger partial charge in [0.05, 0.1) is 0 Å². The summed E-state index contributed by atoms with van der Waals surface area (Å²) >= 11 is 0. The van der Waals surface area contributed by atoms with Crippen LogP contribution in [0.25, 0.3) is 0 Å². The van der Waals surface area contributed by atoms with Crippen molar-refractivity contribution >= 4 is 0 Å². The largest absolute Gasteiger partial charge is 0.311 e. The molecule has 2 saturated carbocycles. The topological polar surface area (TPSA) is 12.0 Å². The smallest absolute Gasteiger partial charge is 0.123 e. The molecule has 2 rings (SSSR count). The lowest BCUT2D eigenvalue weighted by atomic mass is 9.82. The lowest BCUT2D eigenvalue weighted by Crippen LogP contribution is -2.43. The van der Waals surface area contributed by atoms with E-state index in [2.05, 4.69) is 12.2 Å². The van der Waals surface area contributed by atoms with Crippen molar-refractivity contribution in [3.05, 3.63) is 0 Å². The van der Waals surface area contributed by atoms with Crippen LogP contribution in [0.4, 0.5) is 4.39 Å². The first-order valence-electron chi connectivity index (χ1n) is 4.60. The second kappa shape index (κ2) is 2.44. The SMILES string of the molecule is CC1CC(NCC2(F)CC2)C1. The van der Waals surface area contributed by atoms with E-state index < -0.39 is 5.67 Å². The molecular weight excluding hydrogens is 141 g/mol. The molecule has 0 amide bonds. The molecule has 0 aliphatic heterocycles. The van der Waals surface area contributed by atoms with E-state index in [1.807, 2.05) is 0 Å². The van der Waals surface area contributed by atoms with E-state index in [0.29, 0.717) is 12.6 Å². The highest BCUT2D eigenvalue weighted by Gasteiger charge is 2.43. The molecule has 0 spiro atoms. The van der Waals surface area contributed by atoms with E-state index in [9.17, 15) is 4.39 Å². The van der Waals surface area contributed by atoms with E-state index >= 15 is 0 Å². The van der Waals surface area contributed by atoms with Crippen molar-refractivity contribution in [3.8, 4) is 0 Å². The highest BCUT2D eigenvalue weighted by Crippen LogP contribution is 2.39. The summed E-state index contributed by atoms with van der Waals surface area (Å²) in [6, 6.07) is 0.623. The van der Waals surface area contributed by atoms with Crippen LogP contribution < -0.4 is 5.32 Å². The maximum atomic E-state index is 13.1. The number of nitrogens with one attached hydrogen (secondary N) is 1. The van der Waals surface area contributed by atoms with E-state index in [-0.39, 0.29) is 0 Å². The fourth-order valence-electron chi connectivity index (χ4n) is 1.71. The Labute approximate surface area is 67.4 Å². The highest BCUT2D eigenvalue weighted by atomic mass is 19.1. The average Bonchev–Trinajstić information content (AvgIpc) is 2.59. The number of rotatable bonds is 3. The zero-order valence-corrected chi connectivity index (χ0v) is 7.07. The highest BCUT2D eigenvalue weighted by molar-refractivity contribution is 4.97. The van der Waals surface area contributed by atoms with Gasteiger partial charge in [-0.1, -0.05) is 6.92 Å². The van der Waals surface area contributed by atoms with Crippen molar-refractivity contribution < 1.29 is 4.39 Å². The van der Waals surface area contributed by atoms with Gasteiger partial charge in [-0.2, -0.15) is 0 Å². The average molecular weight is 157 g/mol. The quantitative estimate of drug-likeness (QED) is 0.659.